The first-order chi connectivity index (χ1) is 11.0. The van der Waals surface area contributed by atoms with Crippen molar-refractivity contribution >= 4 is 28.3 Å². The van der Waals surface area contributed by atoms with Gasteiger partial charge in [0.2, 0.25) is 15.9 Å². The number of rotatable bonds is 7. The molecule has 1 amide bonds. The normalized spacial score (nSPS) is 16.4. The van der Waals surface area contributed by atoms with Gasteiger partial charge in [-0.05, 0) is 25.5 Å². The molecule has 2 N–H and O–H groups in total. The Balaban J connectivity index is 0.00000288. The highest BCUT2D eigenvalue weighted by atomic mass is 35.5. The fraction of sp³-hybridized carbons (Fsp3) is 0.562. The predicted octanol–water partition coefficient (Wildman–Crippen LogP) is 1.13. The van der Waals surface area contributed by atoms with Gasteiger partial charge in [0, 0.05) is 32.1 Å². The monoisotopic (exact) mass is 375 g/mol. The van der Waals surface area contributed by atoms with Gasteiger partial charge in [0.25, 0.3) is 0 Å². The average Bonchev–Trinajstić information content (AvgIpc) is 2.54. The van der Waals surface area contributed by atoms with Crippen LogP contribution in [-0.4, -0.2) is 51.4 Å². The molecule has 1 heterocycles. The minimum atomic E-state index is -3.29. The van der Waals surface area contributed by atoms with Crippen LogP contribution in [0.5, 0.6) is 0 Å². The molecule has 136 valence electrons. The maximum absolute atomic E-state index is 12.5. The minimum Gasteiger partial charge on any atom is -0.353 e. The van der Waals surface area contributed by atoms with E-state index in [1.807, 2.05) is 37.4 Å². The first-order valence-electron chi connectivity index (χ1n) is 7.97. The molecule has 0 unspecified atom stereocenters. The lowest BCUT2D eigenvalue weighted by atomic mass is 10.1. The number of hydrogen-bond acceptors (Lipinski definition) is 4. The summed E-state index contributed by atoms with van der Waals surface area (Å²) < 4.78 is 26.4. The summed E-state index contributed by atoms with van der Waals surface area (Å²) in [7, 11) is -1.48. The maximum Gasteiger partial charge on any atom is 0.221 e. The molecule has 0 aliphatic carbocycles. The van der Waals surface area contributed by atoms with Crippen LogP contribution in [0.3, 0.4) is 0 Å². The Bertz CT molecular complexity index is 602. The van der Waals surface area contributed by atoms with E-state index in [4.69, 9.17) is 0 Å². The zero-order valence-electron chi connectivity index (χ0n) is 13.9. The number of carbonyl (C=O) groups excluding carboxylic acids is 1. The van der Waals surface area contributed by atoms with E-state index in [0.29, 0.717) is 38.9 Å². The Hall–Kier alpha value is -1.15. The van der Waals surface area contributed by atoms with Crippen molar-refractivity contribution in [3.05, 3.63) is 35.9 Å². The van der Waals surface area contributed by atoms with E-state index < -0.39 is 10.0 Å². The van der Waals surface area contributed by atoms with E-state index in [9.17, 15) is 13.2 Å². The molecule has 0 aromatic heterocycles. The third-order valence-corrected chi connectivity index (χ3v) is 5.86. The van der Waals surface area contributed by atoms with Crippen molar-refractivity contribution in [1.82, 2.24) is 14.9 Å². The highest BCUT2D eigenvalue weighted by Crippen LogP contribution is 2.17. The van der Waals surface area contributed by atoms with Gasteiger partial charge in [0.05, 0.1) is 5.75 Å². The molecule has 0 spiro atoms. The SMILES string of the molecule is CNCCC(=O)NC1CCN(S(=O)(=O)Cc2ccccc2)CC1.Cl. The van der Waals surface area contributed by atoms with Crippen LogP contribution in [0.25, 0.3) is 0 Å². The van der Waals surface area contributed by atoms with E-state index in [1.165, 1.54) is 4.31 Å². The van der Waals surface area contributed by atoms with Gasteiger partial charge >= 0.3 is 0 Å². The summed E-state index contributed by atoms with van der Waals surface area (Å²) in [5.41, 5.74) is 0.801. The second-order valence-electron chi connectivity index (χ2n) is 5.84. The highest BCUT2D eigenvalue weighted by molar-refractivity contribution is 7.88. The van der Waals surface area contributed by atoms with Crippen LogP contribution in [0.2, 0.25) is 0 Å². The summed E-state index contributed by atoms with van der Waals surface area (Å²) in [4.78, 5) is 11.7. The van der Waals surface area contributed by atoms with Crippen molar-refractivity contribution < 1.29 is 13.2 Å². The fourth-order valence-corrected chi connectivity index (χ4v) is 4.26. The molecule has 0 saturated carbocycles. The number of piperidine rings is 1. The Labute approximate surface area is 150 Å². The fourth-order valence-electron chi connectivity index (χ4n) is 2.69. The number of carbonyl (C=O) groups is 1. The zero-order valence-corrected chi connectivity index (χ0v) is 15.5. The summed E-state index contributed by atoms with van der Waals surface area (Å²) in [6.45, 7) is 1.58. The standard InChI is InChI=1S/C16H25N3O3S.ClH/c1-17-10-7-16(20)18-15-8-11-19(12-9-15)23(21,22)13-14-5-3-2-4-6-14;/h2-6,15,17H,7-13H2,1H3,(H,18,20);1H. The van der Waals surface area contributed by atoms with Gasteiger partial charge in [-0.15, -0.1) is 12.4 Å². The number of nitrogens with zero attached hydrogens (tertiary/aromatic N) is 1. The second-order valence-corrected chi connectivity index (χ2v) is 7.81. The van der Waals surface area contributed by atoms with Crippen molar-refractivity contribution in [3.8, 4) is 0 Å². The van der Waals surface area contributed by atoms with Crippen molar-refractivity contribution in [1.29, 1.82) is 0 Å². The number of halogens is 1. The van der Waals surface area contributed by atoms with Crippen LogP contribution in [0.4, 0.5) is 0 Å². The summed E-state index contributed by atoms with van der Waals surface area (Å²) in [6.07, 6.45) is 1.78. The van der Waals surface area contributed by atoms with Gasteiger partial charge in [-0.1, -0.05) is 30.3 Å². The minimum absolute atomic E-state index is 0. The smallest absolute Gasteiger partial charge is 0.221 e. The van der Waals surface area contributed by atoms with Crippen LogP contribution in [-0.2, 0) is 20.6 Å². The Morgan fingerprint density at radius 2 is 1.83 bits per heavy atom. The molecule has 24 heavy (non-hydrogen) atoms. The van der Waals surface area contributed by atoms with Crippen LogP contribution < -0.4 is 10.6 Å². The summed E-state index contributed by atoms with van der Waals surface area (Å²) in [6, 6.07) is 9.29. The van der Waals surface area contributed by atoms with Gasteiger partial charge in [0.1, 0.15) is 0 Å². The predicted molar refractivity (Wildman–Crippen MR) is 97.6 cm³/mol. The van der Waals surface area contributed by atoms with E-state index in [-0.39, 0.29) is 30.1 Å². The molecule has 6 nitrogen and oxygen atoms in total. The molecule has 8 heteroatoms. The van der Waals surface area contributed by atoms with E-state index in [2.05, 4.69) is 10.6 Å². The molecule has 1 aromatic rings. The van der Waals surface area contributed by atoms with E-state index in [0.717, 1.165) is 5.56 Å². The summed E-state index contributed by atoms with van der Waals surface area (Å²) in [5, 5.41) is 5.91. The van der Waals surface area contributed by atoms with Gasteiger partial charge < -0.3 is 10.6 Å². The number of benzene rings is 1. The van der Waals surface area contributed by atoms with Crippen LogP contribution in [0.15, 0.2) is 30.3 Å². The van der Waals surface area contributed by atoms with Crippen molar-refractivity contribution in [3.63, 3.8) is 0 Å². The lowest BCUT2D eigenvalue weighted by molar-refractivity contribution is -0.121. The molecule has 0 radical (unpaired) electrons. The average molecular weight is 376 g/mol. The number of amides is 1. The van der Waals surface area contributed by atoms with Crippen molar-refractivity contribution in [2.45, 2.75) is 31.1 Å². The van der Waals surface area contributed by atoms with Gasteiger partial charge in [-0.2, -0.15) is 0 Å². The summed E-state index contributed by atoms with van der Waals surface area (Å²) >= 11 is 0. The van der Waals surface area contributed by atoms with Crippen molar-refractivity contribution in [2.24, 2.45) is 0 Å². The molecule has 1 fully saturated rings. The van der Waals surface area contributed by atoms with Crippen LogP contribution in [0.1, 0.15) is 24.8 Å². The van der Waals surface area contributed by atoms with Crippen LogP contribution in [0, 0.1) is 0 Å². The largest absolute Gasteiger partial charge is 0.353 e. The topological polar surface area (TPSA) is 78.5 Å². The first-order valence-corrected chi connectivity index (χ1v) is 9.58. The third-order valence-electron chi connectivity index (χ3n) is 4.01. The number of nitrogens with one attached hydrogen (secondary N) is 2. The van der Waals surface area contributed by atoms with Gasteiger partial charge in [0.15, 0.2) is 0 Å². The molecule has 0 bridgehead atoms. The zero-order chi connectivity index (χ0) is 16.7. The highest BCUT2D eigenvalue weighted by Gasteiger charge is 2.28. The third kappa shape index (κ3) is 6.39. The molecule has 2 rings (SSSR count). The second kappa shape index (κ2) is 9.98. The lowest BCUT2D eigenvalue weighted by Gasteiger charge is -2.31. The molecule has 1 saturated heterocycles. The molecule has 0 atom stereocenters. The Morgan fingerprint density at radius 1 is 1.21 bits per heavy atom. The quantitative estimate of drug-likeness (QED) is 0.748. The van der Waals surface area contributed by atoms with E-state index in [1.54, 1.807) is 0 Å². The Kier molecular flexibility index (Phi) is 8.69. The van der Waals surface area contributed by atoms with Gasteiger partial charge in [-0.25, -0.2) is 12.7 Å². The lowest BCUT2D eigenvalue weighted by Crippen LogP contribution is -2.47. The molecule has 1 aliphatic rings. The van der Waals surface area contributed by atoms with Crippen molar-refractivity contribution in [2.75, 3.05) is 26.7 Å². The molecular weight excluding hydrogens is 350 g/mol. The number of sulfonamides is 1. The van der Waals surface area contributed by atoms with Crippen LogP contribution >= 0.6 is 12.4 Å². The first kappa shape index (κ1) is 20.9. The molecule has 1 aromatic carbocycles. The Morgan fingerprint density at radius 3 is 2.42 bits per heavy atom. The molecule has 1 aliphatic heterocycles. The summed E-state index contributed by atoms with van der Waals surface area (Å²) in [5.74, 6) is 0.0532. The van der Waals surface area contributed by atoms with E-state index >= 15 is 0 Å². The van der Waals surface area contributed by atoms with Gasteiger partial charge in [-0.3, -0.25) is 4.79 Å². The molecular formula is C16H26ClN3O3S. The maximum atomic E-state index is 12.5. The number of hydrogen-bond donors (Lipinski definition) is 2.